The minimum Gasteiger partial charge on any atom is -0.377 e. The average molecular weight is 372 g/mol. The van der Waals surface area contributed by atoms with Gasteiger partial charge < -0.3 is 25.1 Å². The first kappa shape index (κ1) is 18.4. The van der Waals surface area contributed by atoms with Gasteiger partial charge in [-0.3, -0.25) is 9.69 Å². The van der Waals surface area contributed by atoms with Crippen molar-refractivity contribution in [3.8, 4) is 0 Å². The third-order valence-electron chi connectivity index (χ3n) is 5.43. The van der Waals surface area contributed by atoms with Crippen LogP contribution in [0.5, 0.6) is 0 Å². The molecule has 2 aliphatic rings. The Labute approximate surface area is 159 Å². The van der Waals surface area contributed by atoms with E-state index < -0.39 is 0 Å². The number of carbonyl (C=O) groups excluding carboxylic acids is 1. The van der Waals surface area contributed by atoms with Gasteiger partial charge in [-0.1, -0.05) is 18.2 Å². The number of nitrogens with zero attached hydrogens (tertiary/aromatic N) is 2. The third kappa shape index (κ3) is 4.16. The molecule has 0 radical (unpaired) electrons. The van der Waals surface area contributed by atoms with Crippen LogP contribution in [0.3, 0.4) is 0 Å². The maximum absolute atomic E-state index is 11.2. The van der Waals surface area contributed by atoms with Gasteiger partial charge in [0.25, 0.3) is 0 Å². The van der Waals surface area contributed by atoms with Crippen molar-refractivity contribution in [2.45, 2.75) is 25.1 Å². The van der Waals surface area contributed by atoms with E-state index in [1.54, 1.807) is 0 Å². The Hall–Kier alpha value is -1.93. The van der Waals surface area contributed by atoms with E-state index in [-0.39, 0.29) is 11.5 Å². The molecule has 1 amide bonds. The molecule has 0 unspecified atom stereocenters. The molecule has 7 heteroatoms. The van der Waals surface area contributed by atoms with Gasteiger partial charge in [-0.2, -0.15) is 0 Å². The van der Waals surface area contributed by atoms with E-state index in [2.05, 4.69) is 39.2 Å². The first-order valence-corrected chi connectivity index (χ1v) is 9.65. The lowest BCUT2D eigenvalue weighted by Gasteiger charge is -2.41. The zero-order chi connectivity index (χ0) is 18.7. The van der Waals surface area contributed by atoms with Gasteiger partial charge in [0.15, 0.2) is 0 Å². The van der Waals surface area contributed by atoms with Gasteiger partial charge >= 0.3 is 0 Å². The summed E-state index contributed by atoms with van der Waals surface area (Å²) in [5.41, 5.74) is 7.50. The molecule has 2 aromatic rings. The molecule has 7 nitrogen and oxygen atoms in total. The van der Waals surface area contributed by atoms with Crippen molar-refractivity contribution in [3.05, 3.63) is 36.0 Å². The topological polar surface area (TPSA) is 81.8 Å². The Morgan fingerprint density at radius 2 is 2.19 bits per heavy atom. The number of fused-ring (bicyclic) bond motifs is 1. The number of hydrogen-bond donors (Lipinski definition) is 2. The molecule has 1 spiro atoms. The van der Waals surface area contributed by atoms with E-state index in [1.807, 2.05) is 6.07 Å². The number of aromatic nitrogens is 1. The van der Waals surface area contributed by atoms with Crippen LogP contribution in [-0.4, -0.2) is 67.0 Å². The molecule has 2 fully saturated rings. The molecule has 0 saturated carbocycles. The van der Waals surface area contributed by atoms with Gasteiger partial charge in [-0.15, -0.1) is 0 Å². The number of para-hydroxylation sites is 1. The number of aryl methyl sites for hydroxylation is 1. The van der Waals surface area contributed by atoms with Crippen LogP contribution < -0.4 is 11.1 Å². The molecule has 3 heterocycles. The summed E-state index contributed by atoms with van der Waals surface area (Å²) >= 11 is 0. The fourth-order valence-electron chi connectivity index (χ4n) is 4.13. The van der Waals surface area contributed by atoms with Crippen molar-refractivity contribution < 1.29 is 14.3 Å². The lowest BCUT2D eigenvalue weighted by Crippen LogP contribution is -2.57. The van der Waals surface area contributed by atoms with Crippen LogP contribution in [0, 0.1) is 0 Å². The first-order valence-electron chi connectivity index (χ1n) is 9.65. The number of amides is 1. The summed E-state index contributed by atoms with van der Waals surface area (Å²) in [6.45, 7) is 7.00. The van der Waals surface area contributed by atoms with E-state index in [1.165, 1.54) is 10.9 Å². The van der Waals surface area contributed by atoms with Crippen LogP contribution in [0.4, 0.5) is 0 Å². The summed E-state index contributed by atoms with van der Waals surface area (Å²) in [6.07, 6.45) is 2.51. The number of carbonyl (C=O) groups is 1. The zero-order valence-corrected chi connectivity index (χ0v) is 15.7. The number of rotatable bonds is 5. The number of nitrogens with one attached hydrogen (secondary N) is 1. The highest BCUT2D eigenvalue weighted by molar-refractivity contribution is 5.84. The highest BCUT2D eigenvalue weighted by atomic mass is 16.5. The first-order chi connectivity index (χ1) is 13.2. The van der Waals surface area contributed by atoms with E-state index >= 15 is 0 Å². The molecular weight excluding hydrogens is 344 g/mol. The monoisotopic (exact) mass is 372 g/mol. The lowest BCUT2D eigenvalue weighted by molar-refractivity contribution is -0.135. The van der Waals surface area contributed by atoms with Crippen molar-refractivity contribution in [2.75, 3.05) is 46.0 Å². The smallest absolute Gasteiger partial charge is 0.219 e. The highest BCUT2D eigenvalue weighted by Crippen LogP contribution is 2.26. The number of benzene rings is 1. The van der Waals surface area contributed by atoms with Gasteiger partial charge in [-0.25, -0.2) is 0 Å². The Morgan fingerprint density at radius 3 is 3.07 bits per heavy atom. The van der Waals surface area contributed by atoms with E-state index in [0.717, 1.165) is 44.8 Å². The average Bonchev–Trinajstić information content (AvgIpc) is 2.85. The second-order valence-electron chi connectivity index (χ2n) is 7.55. The standard InChI is InChI=1S/C20H28N4O3/c21-19(25)5-7-24-12-16(17-3-1-2-4-18(17)24)11-23-8-10-27-20(14-23)13-22-6-9-26-15-20/h1-4,12,22H,5-11,13-15H2,(H2,21,25)/t20-/m1/s1. The number of hydrogen-bond acceptors (Lipinski definition) is 5. The quantitative estimate of drug-likeness (QED) is 0.808. The van der Waals surface area contributed by atoms with Crippen molar-refractivity contribution in [2.24, 2.45) is 5.73 Å². The fraction of sp³-hybridized carbons (Fsp3) is 0.550. The van der Waals surface area contributed by atoms with Crippen molar-refractivity contribution in [3.63, 3.8) is 0 Å². The Morgan fingerprint density at radius 1 is 1.30 bits per heavy atom. The second kappa shape index (κ2) is 7.98. The Kier molecular flexibility index (Phi) is 5.45. The van der Waals surface area contributed by atoms with Crippen molar-refractivity contribution in [1.82, 2.24) is 14.8 Å². The number of primary amides is 1. The minimum absolute atomic E-state index is 0.265. The van der Waals surface area contributed by atoms with Crippen LogP contribution in [0.15, 0.2) is 30.5 Å². The van der Waals surface area contributed by atoms with Crippen LogP contribution in [0.1, 0.15) is 12.0 Å². The lowest BCUT2D eigenvalue weighted by atomic mass is 10.0. The van der Waals surface area contributed by atoms with Gasteiger partial charge in [-0.05, 0) is 11.6 Å². The van der Waals surface area contributed by atoms with Crippen LogP contribution in [-0.2, 0) is 27.4 Å². The third-order valence-corrected chi connectivity index (χ3v) is 5.43. The van der Waals surface area contributed by atoms with Crippen LogP contribution >= 0.6 is 0 Å². The molecule has 1 aromatic carbocycles. The maximum Gasteiger partial charge on any atom is 0.219 e. The van der Waals surface area contributed by atoms with Crippen LogP contribution in [0.2, 0.25) is 0 Å². The van der Waals surface area contributed by atoms with E-state index in [0.29, 0.717) is 26.2 Å². The minimum atomic E-state index is -0.273. The molecule has 27 heavy (non-hydrogen) atoms. The van der Waals surface area contributed by atoms with Gasteiger partial charge in [0.2, 0.25) is 5.91 Å². The summed E-state index contributed by atoms with van der Waals surface area (Å²) in [6, 6.07) is 8.35. The number of morpholine rings is 1. The predicted octanol–water partition coefficient (Wildman–Crippen LogP) is 0.708. The SMILES string of the molecule is NC(=O)CCn1cc(CN2CCO[C@]3(CNCCOC3)C2)c2ccccc21. The molecule has 1 aromatic heterocycles. The van der Waals surface area contributed by atoms with Gasteiger partial charge in [0.05, 0.1) is 19.8 Å². The van der Waals surface area contributed by atoms with Gasteiger partial charge in [0, 0.05) is 62.8 Å². The van der Waals surface area contributed by atoms with Crippen molar-refractivity contribution >= 4 is 16.8 Å². The largest absolute Gasteiger partial charge is 0.377 e. The Balaban J connectivity index is 1.53. The predicted molar refractivity (Wildman–Crippen MR) is 103 cm³/mol. The normalized spacial score (nSPS) is 24.3. The zero-order valence-electron chi connectivity index (χ0n) is 15.7. The summed E-state index contributed by atoms with van der Waals surface area (Å²) in [5.74, 6) is -0.273. The molecule has 146 valence electrons. The summed E-state index contributed by atoms with van der Waals surface area (Å²) < 4.78 is 14.0. The second-order valence-corrected chi connectivity index (χ2v) is 7.55. The maximum atomic E-state index is 11.2. The van der Waals surface area contributed by atoms with Crippen LogP contribution in [0.25, 0.3) is 10.9 Å². The number of ether oxygens (including phenoxy) is 2. The highest BCUT2D eigenvalue weighted by Gasteiger charge is 2.38. The van der Waals surface area contributed by atoms with E-state index in [4.69, 9.17) is 15.2 Å². The fourth-order valence-corrected chi connectivity index (χ4v) is 4.13. The molecule has 3 N–H and O–H groups in total. The molecule has 2 aliphatic heterocycles. The van der Waals surface area contributed by atoms with Crippen molar-refractivity contribution in [1.29, 1.82) is 0 Å². The molecule has 2 saturated heterocycles. The molecule has 1 atom stereocenters. The van der Waals surface area contributed by atoms with Gasteiger partial charge in [0.1, 0.15) is 5.60 Å². The Bertz CT molecular complexity index is 796. The molecule has 0 aliphatic carbocycles. The molecule has 0 bridgehead atoms. The van der Waals surface area contributed by atoms with E-state index in [9.17, 15) is 4.79 Å². The number of nitrogens with two attached hydrogens (primary N) is 1. The summed E-state index contributed by atoms with van der Waals surface area (Å²) in [7, 11) is 0. The summed E-state index contributed by atoms with van der Waals surface area (Å²) in [5, 5.41) is 4.66. The molecular formula is C20H28N4O3. The molecule has 4 rings (SSSR count). The summed E-state index contributed by atoms with van der Waals surface area (Å²) in [4.78, 5) is 13.6.